The number of hydrogen-bond donors (Lipinski definition) is 0. The molecular weight excluding hydrogens is 318 g/mol. The molecule has 0 unspecified atom stereocenters. The van der Waals surface area contributed by atoms with Crippen molar-refractivity contribution in [2.45, 2.75) is 25.7 Å². The van der Waals surface area contributed by atoms with E-state index in [9.17, 15) is 13.6 Å². The van der Waals surface area contributed by atoms with Crippen molar-refractivity contribution in [1.82, 2.24) is 4.90 Å². The fourth-order valence-corrected chi connectivity index (χ4v) is 3.19. The van der Waals surface area contributed by atoms with Gasteiger partial charge in [-0.2, -0.15) is 0 Å². The minimum absolute atomic E-state index is 0.0289. The Morgan fingerprint density at radius 1 is 1.29 bits per heavy atom. The number of carbonyl (C=O) groups is 1. The smallest absolute Gasteiger partial charge is 0.251 e. The molecule has 1 fully saturated rings. The van der Waals surface area contributed by atoms with Gasteiger partial charge < -0.3 is 14.4 Å². The maximum Gasteiger partial charge on any atom is 0.251 e. The van der Waals surface area contributed by atoms with E-state index in [4.69, 9.17) is 9.47 Å². The molecule has 0 N–H and O–H groups in total. The van der Waals surface area contributed by atoms with Gasteiger partial charge in [-0.25, -0.2) is 8.78 Å². The lowest BCUT2D eigenvalue weighted by Gasteiger charge is -2.32. The first-order chi connectivity index (χ1) is 11.5. The van der Waals surface area contributed by atoms with Gasteiger partial charge in [-0.15, -0.1) is 0 Å². The van der Waals surface area contributed by atoms with Crippen LogP contribution in [0.15, 0.2) is 18.2 Å². The van der Waals surface area contributed by atoms with Crippen LogP contribution in [0.1, 0.15) is 19.3 Å². The number of rotatable bonds is 5. The highest BCUT2D eigenvalue weighted by atomic mass is 19.3. The molecule has 7 heteroatoms. The van der Waals surface area contributed by atoms with Gasteiger partial charge in [-0.05, 0) is 44.0 Å². The van der Waals surface area contributed by atoms with Crippen LogP contribution in [0.5, 0.6) is 11.5 Å². The number of piperidine rings is 1. The molecule has 132 valence electrons. The molecule has 0 radical (unpaired) electrons. The van der Waals surface area contributed by atoms with Gasteiger partial charge in [-0.3, -0.25) is 9.69 Å². The van der Waals surface area contributed by atoms with E-state index < -0.39 is 6.43 Å². The van der Waals surface area contributed by atoms with Crippen molar-refractivity contribution in [3.8, 4) is 11.5 Å². The highest BCUT2D eigenvalue weighted by Gasteiger charge is 2.25. The quantitative estimate of drug-likeness (QED) is 0.827. The topological polar surface area (TPSA) is 42.0 Å². The molecule has 0 saturated carbocycles. The van der Waals surface area contributed by atoms with Gasteiger partial charge in [0.2, 0.25) is 12.7 Å². The lowest BCUT2D eigenvalue weighted by Crippen LogP contribution is -2.38. The van der Waals surface area contributed by atoms with E-state index in [1.807, 2.05) is 6.07 Å². The maximum atomic E-state index is 12.5. The van der Waals surface area contributed by atoms with E-state index in [0.29, 0.717) is 31.0 Å². The Hall–Kier alpha value is -1.89. The number of ether oxygens (including phenoxy) is 2. The number of anilines is 1. The van der Waals surface area contributed by atoms with Crippen LogP contribution in [-0.4, -0.2) is 50.7 Å². The molecule has 3 rings (SSSR count). The SMILES string of the molecule is CN(C(=O)CC1CCN(CC(F)F)CC1)c1ccc2c(c1)OCO2. The largest absolute Gasteiger partial charge is 0.454 e. The fourth-order valence-electron chi connectivity index (χ4n) is 3.19. The van der Waals surface area contributed by atoms with Crippen LogP contribution in [0.25, 0.3) is 0 Å². The molecule has 0 atom stereocenters. The molecule has 0 aromatic heterocycles. The average Bonchev–Trinajstić information content (AvgIpc) is 3.03. The minimum atomic E-state index is -2.29. The number of likely N-dealkylation sites (tertiary alicyclic amines) is 1. The van der Waals surface area contributed by atoms with Gasteiger partial charge in [-0.1, -0.05) is 0 Å². The van der Waals surface area contributed by atoms with Crippen molar-refractivity contribution in [2.75, 3.05) is 38.4 Å². The zero-order chi connectivity index (χ0) is 17.1. The summed E-state index contributed by atoms with van der Waals surface area (Å²) in [6, 6.07) is 5.42. The lowest BCUT2D eigenvalue weighted by molar-refractivity contribution is -0.119. The van der Waals surface area contributed by atoms with Crippen LogP contribution in [0.2, 0.25) is 0 Å². The van der Waals surface area contributed by atoms with Crippen molar-refractivity contribution in [3.05, 3.63) is 18.2 Å². The molecule has 1 amide bonds. The Balaban J connectivity index is 1.52. The number of halogens is 2. The normalized spacial score (nSPS) is 18.2. The molecule has 0 bridgehead atoms. The summed E-state index contributed by atoms with van der Waals surface area (Å²) in [6.07, 6.45) is -0.283. The zero-order valence-electron chi connectivity index (χ0n) is 13.7. The lowest BCUT2D eigenvalue weighted by atomic mass is 9.93. The van der Waals surface area contributed by atoms with E-state index in [0.717, 1.165) is 18.5 Å². The van der Waals surface area contributed by atoms with Crippen LogP contribution in [0, 0.1) is 5.92 Å². The zero-order valence-corrected chi connectivity index (χ0v) is 13.7. The molecule has 2 aliphatic heterocycles. The summed E-state index contributed by atoms with van der Waals surface area (Å²) in [5.74, 6) is 1.61. The summed E-state index contributed by atoms with van der Waals surface area (Å²) < 4.78 is 35.4. The first-order valence-electron chi connectivity index (χ1n) is 8.19. The van der Waals surface area contributed by atoms with Gasteiger partial charge in [0.25, 0.3) is 6.43 Å². The summed E-state index contributed by atoms with van der Waals surface area (Å²) in [4.78, 5) is 15.9. The molecule has 1 aromatic rings. The third-order valence-electron chi connectivity index (χ3n) is 4.68. The van der Waals surface area contributed by atoms with E-state index in [-0.39, 0.29) is 25.2 Å². The van der Waals surface area contributed by atoms with Crippen molar-refractivity contribution >= 4 is 11.6 Å². The fraction of sp³-hybridized carbons (Fsp3) is 0.588. The highest BCUT2D eigenvalue weighted by molar-refractivity contribution is 5.93. The third kappa shape index (κ3) is 3.95. The second-order valence-electron chi connectivity index (χ2n) is 6.33. The van der Waals surface area contributed by atoms with E-state index in [1.165, 1.54) is 0 Å². The number of nitrogens with zero attached hydrogens (tertiary/aromatic N) is 2. The standard InChI is InChI=1S/C17H22F2N2O3/c1-20(13-2-3-14-15(9-13)24-11-23-14)17(22)8-12-4-6-21(7-5-12)10-16(18)19/h2-3,9,12,16H,4-8,10-11H2,1H3. The number of fused-ring (bicyclic) bond motifs is 1. The van der Waals surface area contributed by atoms with Crippen molar-refractivity contribution < 1.29 is 23.0 Å². The predicted molar refractivity (Wildman–Crippen MR) is 85.8 cm³/mol. The summed E-state index contributed by atoms with van der Waals surface area (Å²) in [5, 5.41) is 0. The summed E-state index contributed by atoms with van der Waals surface area (Å²) in [5.41, 5.74) is 0.763. The first-order valence-corrected chi connectivity index (χ1v) is 8.19. The van der Waals surface area contributed by atoms with Crippen LogP contribution in [0.4, 0.5) is 14.5 Å². The van der Waals surface area contributed by atoms with E-state index in [1.54, 1.807) is 29.0 Å². The average molecular weight is 340 g/mol. The van der Waals surface area contributed by atoms with E-state index in [2.05, 4.69) is 0 Å². The van der Waals surface area contributed by atoms with Crippen LogP contribution in [-0.2, 0) is 4.79 Å². The number of amides is 1. The summed E-state index contributed by atoms with van der Waals surface area (Å²) >= 11 is 0. The van der Waals surface area contributed by atoms with Gasteiger partial charge in [0, 0.05) is 25.2 Å². The van der Waals surface area contributed by atoms with Crippen LogP contribution in [0.3, 0.4) is 0 Å². The molecule has 2 heterocycles. The monoisotopic (exact) mass is 340 g/mol. The third-order valence-corrected chi connectivity index (χ3v) is 4.68. The second-order valence-corrected chi connectivity index (χ2v) is 6.33. The molecule has 2 aliphatic rings. The molecule has 5 nitrogen and oxygen atoms in total. The number of alkyl halides is 2. The number of carbonyl (C=O) groups excluding carboxylic acids is 1. The van der Waals surface area contributed by atoms with Crippen LogP contribution < -0.4 is 14.4 Å². The summed E-state index contributed by atoms with van der Waals surface area (Å²) in [6.45, 7) is 1.30. The van der Waals surface area contributed by atoms with Crippen molar-refractivity contribution in [3.63, 3.8) is 0 Å². The summed E-state index contributed by atoms with van der Waals surface area (Å²) in [7, 11) is 1.74. The van der Waals surface area contributed by atoms with Gasteiger partial charge >= 0.3 is 0 Å². The van der Waals surface area contributed by atoms with Crippen LogP contribution >= 0.6 is 0 Å². The first kappa shape index (κ1) is 17.0. The molecule has 1 aromatic carbocycles. The Bertz CT molecular complexity index is 589. The molecule has 24 heavy (non-hydrogen) atoms. The molecular formula is C17H22F2N2O3. The van der Waals surface area contributed by atoms with Gasteiger partial charge in [0.1, 0.15) is 0 Å². The Morgan fingerprint density at radius 2 is 2.00 bits per heavy atom. The van der Waals surface area contributed by atoms with Crippen molar-refractivity contribution in [2.24, 2.45) is 5.92 Å². The Morgan fingerprint density at radius 3 is 2.71 bits per heavy atom. The Labute approximate surface area is 140 Å². The Kier molecular flexibility index (Phi) is 5.18. The highest BCUT2D eigenvalue weighted by Crippen LogP contribution is 2.35. The molecule has 1 saturated heterocycles. The minimum Gasteiger partial charge on any atom is -0.454 e. The molecule has 0 spiro atoms. The van der Waals surface area contributed by atoms with Gasteiger partial charge in [0.05, 0.1) is 6.54 Å². The molecule has 0 aliphatic carbocycles. The van der Waals surface area contributed by atoms with Crippen molar-refractivity contribution in [1.29, 1.82) is 0 Å². The van der Waals surface area contributed by atoms with Gasteiger partial charge in [0.15, 0.2) is 11.5 Å². The number of benzene rings is 1. The van der Waals surface area contributed by atoms with E-state index >= 15 is 0 Å². The second kappa shape index (κ2) is 7.34. The predicted octanol–water partition coefficient (Wildman–Crippen LogP) is 2.75. The number of hydrogen-bond acceptors (Lipinski definition) is 4. The maximum absolute atomic E-state index is 12.5.